The molecular formula is C16H25FIN3O. The predicted molar refractivity (Wildman–Crippen MR) is 101 cm³/mol. The van der Waals surface area contributed by atoms with E-state index in [1.807, 2.05) is 13.8 Å². The number of halogens is 2. The highest BCUT2D eigenvalue weighted by molar-refractivity contribution is 14.0. The summed E-state index contributed by atoms with van der Waals surface area (Å²) in [5.41, 5.74) is 0. The first-order valence-electron chi connectivity index (χ1n) is 7.25. The average Bonchev–Trinajstić information content (AvgIpc) is 2.50. The lowest BCUT2D eigenvalue weighted by molar-refractivity contribution is 0.196. The van der Waals surface area contributed by atoms with Crippen molar-refractivity contribution in [1.29, 1.82) is 0 Å². The van der Waals surface area contributed by atoms with E-state index >= 15 is 0 Å². The van der Waals surface area contributed by atoms with Crippen LogP contribution in [0.4, 0.5) is 4.39 Å². The second-order valence-corrected chi connectivity index (χ2v) is 4.47. The van der Waals surface area contributed by atoms with E-state index in [-0.39, 0.29) is 41.6 Å². The van der Waals surface area contributed by atoms with Crippen molar-refractivity contribution in [2.75, 3.05) is 19.6 Å². The number of para-hydroxylation sites is 1. The Balaban J connectivity index is 0.00000441. The zero-order valence-corrected chi connectivity index (χ0v) is 15.5. The van der Waals surface area contributed by atoms with Gasteiger partial charge in [-0.3, -0.25) is 0 Å². The van der Waals surface area contributed by atoms with Crippen LogP contribution in [0.5, 0.6) is 5.75 Å². The van der Waals surface area contributed by atoms with Crippen LogP contribution in [0.25, 0.3) is 0 Å². The van der Waals surface area contributed by atoms with Crippen LogP contribution >= 0.6 is 24.0 Å². The third kappa shape index (κ3) is 7.63. The van der Waals surface area contributed by atoms with Crippen molar-refractivity contribution in [3.63, 3.8) is 0 Å². The molecule has 22 heavy (non-hydrogen) atoms. The SMILES string of the molecule is C=CCNC(=NCC(CC)Oc1ccccc1F)NCC.I. The molecule has 0 amide bonds. The van der Waals surface area contributed by atoms with Crippen LogP contribution < -0.4 is 15.4 Å². The highest BCUT2D eigenvalue weighted by Gasteiger charge is 2.11. The maximum absolute atomic E-state index is 13.6. The molecule has 0 saturated heterocycles. The van der Waals surface area contributed by atoms with Crippen molar-refractivity contribution in [2.45, 2.75) is 26.4 Å². The first-order valence-corrected chi connectivity index (χ1v) is 7.25. The van der Waals surface area contributed by atoms with Gasteiger partial charge in [0.25, 0.3) is 0 Å². The summed E-state index contributed by atoms with van der Waals surface area (Å²) in [6.07, 6.45) is 2.35. The van der Waals surface area contributed by atoms with Crippen LogP contribution in [0.15, 0.2) is 41.9 Å². The van der Waals surface area contributed by atoms with Crippen LogP contribution in [-0.4, -0.2) is 31.7 Å². The molecule has 1 atom stereocenters. The lowest BCUT2D eigenvalue weighted by Gasteiger charge is -2.17. The molecule has 0 aliphatic carbocycles. The Labute approximate surface area is 149 Å². The van der Waals surface area contributed by atoms with Crippen LogP contribution in [-0.2, 0) is 0 Å². The second kappa shape index (κ2) is 12.3. The smallest absolute Gasteiger partial charge is 0.191 e. The topological polar surface area (TPSA) is 45.7 Å². The Morgan fingerprint density at radius 3 is 2.68 bits per heavy atom. The van der Waals surface area contributed by atoms with Gasteiger partial charge in [0.05, 0.1) is 6.54 Å². The summed E-state index contributed by atoms with van der Waals surface area (Å²) in [7, 11) is 0. The summed E-state index contributed by atoms with van der Waals surface area (Å²) < 4.78 is 19.2. The molecule has 0 saturated carbocycles. The average molecular weight is 421 g/mol. The molecule has 0 radical (unpaired) electrons. The van der Waals surface area contributed by atoms with Gasteiger partial charge in [-0.25, -0.2) is 9.38 Å². The Bertz CT molecular complexity index is 468. The quantitative estimate of drug-likeness (QED) is 0.293. The number of rotatable bonds is 8. The number of nitrogens with zero attached hydrogens (tertiary/aromatic N) is 1. The number of hydrogen-bond donors (Lipinski definition) is 2. The fourth-order valence-electron chi connectivity index (χ4n) is 1.67. The van der Waals surface area contributed by atoms with Gasteiger partial charge in [0.2, 0.25) is 0 Å². The van der Waals surface area contributed by atoms with Gasteiger partial charge < -0.3 is 15.4 Å². The number of guanidine groups is 1. The number of ether oxygens (including phenoxy) is 1. The Hall–Kier alpha value is -1.31. The molecule has 1 aromatic carbocycles. The molecule has 2 N–H and O–H groups in total. The molecular weight excluding hydrogens is 396 g/mol. The number of hydrogen-bond acceptors (Lipinski definition) is 2. The molecule has 4 nitrogen and oxygen atoms in total. The third-order valence-electron chi connectivity index (χ3n) is 2.80. The van der Waals surface area contributed by atoms with Gasteiger partial charge in [0.15, 0.2) is 17.5 Å². The molecule has 1 unspecified atom stereocenters. The largest absolute Gasteiger partial charge is 0.485 e. The Kier molecular flexibility index (Phi) is 11.5. The van der Waals surface area contributed by atoms with Gasteiger partial charge in [0, 0.05) is 13.1 Å². The third-order valence-corrected chi connectivity index (χ3v) is 2.80. The summed E-state index contributed by atoms with van der Waals surface area (Å²) in [6, 6.07) is 6.41. The number of aliphatic imine (C=N–C) groups is 1. The Morgan fingerprint density at radius 2 is 2.09 bits per heavy atom. The maximum atomic E-state index is 13.6. The van der Waals surface area contributed by atoms with E-state index in [1.165, 1.54) is 6.07 Å². The minimum absolute atomic E-state index is 0. The molecule has 124 valence electrons. The molecule has 0 bridgehead atoms. The monoisotopic (exact) mass is 421 g/mol. The van der Waals surface area contributed by atoms with Gasteiger partial charge in [-0.2, -0.15) is 0 Å². The second-order valence-electron chi connectivity index (χ2n) is 4.47. The predicted octanol–water partition coefficient (Wildman–Crippen LogP) is 3.34. The highest BCUT2D eigenvalue weighted by Crippen LogP contribution is 2.18. The van der Waals surface area contributed by atoms with Crippen LogP contribution in [0.1, 0.15) is 20.3 Å². The van der Waals surface area contributed by atoms with Crippen molar-refractivity contribution in [2.24, 2.45) is 4.99 Å². The summed E-state index contributed by atoms with van der Waals surface area (Å²) in [5.74, 6) is 0.619. The highest BCUT2D eigenvalue weighted by atomic mass is 127. The molecule has 1 aromatic rings. The zero-order chi connectivity index (χ0) is 15.5. The van der Waals surface area contributed by atoms with Gasteiger partial charge in [-0.05, 0) is 25.5 Å². The van der Waals surface area contributed by atoms with Crippen molar-refractivity contribution >= 4 is 29.9 Å². The van der Waals surface area contributed by atoms with Crippen molar-refractivity contribution in [1.82, 2.24) is 10.6 Å². The Morgan fingerprint density at radius 1 is 1.36 bits per heavy atom. The van der Waals surface area contributed by atoms with E-state index in [0.29, 0.717) is 19.0 Å². The fourth-order valence-corrected chi connectivity index (χ4v) is 1.67. The molecule has 0 fully saturated rings. The molecule has 0 aromatic heterocycles. The zero-order valence-electron chi connectivity index (χ0n) is 13.1. The van der Waals surface area contributed by atoms with Crippen molar-refractivity contribution in [3.8, 4) is 5.75 Å². The summed E-state index contributed by atoms with van der Waals surface area (Å²) in [4.78, 5) is 4.45. The van der Waals surface area contributed by atoms with E-state index in [9.17, 15) is 4.39 Å². The molecule has 0 heterocycles. The molecule has 6 heteroatoms. The van der Waals surface area contributed by atoms with Gasteiger partial charge in [-0.15, -0.1) is 30.6 Å². The first-order chi connectivity index (χ1) is 10.2. The van der Waals surface area contributed by atoms with Gasteiger partial charge >= 0.3 is 0 Å². The minimum Gasteiger partial charge on any atom is -0.485 e. The van der Waals surface area contributed by atoms with Crippen molar-refractivity contribution < 1.29 is 9.13 Å². The van der Waals surface area contributed by atoms with E-state index in [2.05, 4.69) is 22.2 Å². The van der Waals surface area contributed by atoms with E-state index in [4.69, 9.17) is 4.74 Å². The molecule has 0 spiro atoms. The summed E-state index contributed by atoms with van der Waals surface area (Å²) in [5, 5.41) is 6.25. The van der Waals surface area contributed by atoms with Crippen LogP contribution in [0, 0.1) is 5.82 Å². The molecule has 1 rings (SSSR count). The number of nitrogens with one attached hydrogen (secondary N) is 2. The van der Waals surface area contributed by atoms with E-state index in [1.54, 1.807) is 24.3 Å². The van der Waals surface area contributed by atoms with E-state index in [0.717, 1.165) is 13.0 Å². The standard InChI is InChI=1S/C16H24FN3O.HI/c1-4-11-19-16(18-6-3)20-12-13(5-2)21-15-10-8-7-9-14(15)17;/h4,7-10,13H,1,5-6,11-12H2,2-3H3,(H2,18,19,20);1H. The van der Waals surface area contributed by atoms with E-state index < -0.39 is 0 Å². The van der Waals surface area contributed by atoms with Gasteiger partial charge in [-0.1, -0.05) is 25.1 Å². The fraction of sp³-hybridized carbons (Fsp3) is 0.438. The lowest BCUT2D eigenvalue weighted by atomic mass is 10.2. The summed E-state index contributed by atoms with van der Waals surface area (Å²) >= 11 is 0. The van der Waals surface area contributed by atoms with Crippen molar-refractivity contribution in [3.05, 3.63) is 42.7 Å². The van der Waals surface area contributed by atoms with Crippen LogP contribution in [0.2, 0.25) is 0 Å². The van der Waals surface area contributed by atoms with Crippen LogP contribution in [0.3, 0.4) is 0 Å². The number of benzene rings is 1. The van der Waals surface area contributed by atoms with Gasteiger partial charge in [0.1, 0.15) is 6.10 Å². The maximum Gasteiger partial charge on any atom is 0.191 e. The lowest BCUT2D eigenvalue weighted by Crippen LogP contribution is -2.38. The normalized spacial score (nSPS) is 12.0. The summed E-state index contributed by atoms with van der Waals surface area (Å²) in [6.45, 7) is 9.51. The minimum atomic E-state index is -0.350. The first kappa shape index (κ1) is 20.7. The molecule has 0 aliphatic heterocycles. The molecule has 0 aliphatic rings.